The molecule has 0 unspecified atom stereocenters. The Morgan fingerprint density at radius 1 is 0.917 bits per heavy atom. The molecular formula is C13H18N2O9. The summed E-state index contributed by atoms with van der Waals surface area (Å²) in [6.45, 7) is 1.06. The van der Waals surface area contributed by atoms with Crippen molar-refractivity contribution in [3.05, 3.63) is 0 Å². The minimum absolute atomic E-state index is 0.105. The van der Waals surface area contributed by atoms with E-state index >= 15 is 0 Å². The van der Waals surface area contributed by atoms with E-state index in [1.54, 1.807) is 0 Å². The van der Waals surface area contributed by atoms with E-state index in [1.807, 2.05) is 0 Å². The average Bonchev–Trinajstić information content (AvgIpc) is 2.43. The molecule has 0 aromatic rings. The quantitative estimate of drug-likeness (QED) is 0.273. The van der Waals surface area contributed by atoms with Crippen LogP contribution in [0.3, 0.4) is 0 Å². The number of hydrogen-bond donors (Lipinski definition) is 5. The molecule has 0 radical (unpaired) electrons. The summed E-state index contributed by atoms with van der Waals surface area (Å²) in [6, 6.07) is -2.91. The van der Waals surface area contributed by atoms with Crippen molar-refractivity contribution >= 4 is 35.5 Å². The van der Waals surface area contributed by atoms with Gasteiger partial charge in [-0.3, -0.25) is 19.2 Å². The zero-order valence-corrected chi connectivity index (χ0v) is 12.8. The van der Waals surface area contributed by atoms with Gasteiger partial charge in [0.25, 0.3) is 0 Å². The molecule has 0 saturated heterocycles. The van der Waals surface area contributed by atoms with E-state index in [0.717, 1.165) is 6.92 Å². The normalized spacial score (nSPS) is 12.5. The van der Waals surface area contributed by atoms with Gasteiger partial charge in [0.15, 0.2) is 0 Å². The van der Waals surface area contributed by atoms with Crippen molar-refractivity contribution < 1.29 is 44.1 Å². The van der Waals surface area contributed by atoms with Crippen molar-refractivity contribution in [3.63, 3.8) is 0 Å². The minimum atomic E-state index is -1.64. The van der Waals surface area contributed by atoms with Crippen LogP contribution in [0.2, 0.25) is 0 Å². The number of aliphatic carboxylic acids is 3. The first-order valence-corrected chi connectivity index (χ1v) is 6.82. The van der Waals surface area contributed by atoms with Gasteiger partial charge in [-0.05, 0) is 12.8 Å². The third kappa shape index (κ3) is 8.46. The standard InChI is InChI=1S/C13H18N2O9/c1-6(16)14-8(5-10(18)19)11(20)15-7(12(21)22)3-2-4-9(17)13(23)24/h7-8H,2-5H2,1H3,(H,14,16)(H,15,20)(H,18,19)(H,21,22)(H,23,24)/t7-,8-/m0/s1. The lowest BCUT2D eigenvalue weighted by Gasteiger charge is -2.19. The lowest BCUT2D eigenvalue weighted by molar-refractivity contribution is -0.149. The first kappa shape index (κ1) is 21.0. The number of rotatable bonds is 11. The number of amides is 2. The summed E-state index contributed by atoms with van der Waals surface area (Å²) in [7, 11) is 0. The van der Waals surface area contributed by atoms with Gasteiger partial charge in [-0.25, -0.2) is 9.59 Å². The van der Waals surface area contributed by atoms with Gasteiger partial charge in [0.05, 0.1) is 6.42 Å². The van der Waals surface area contributed by atoms with Crippen LogP contribution in [0.5, 0.6) is 0 Å². The molecule has 2 amide bonds. The third-order valence-electron chi connectivity index (χ3n) is 2.82. The highest BCUT2D eigenvalue weighted by Gasteiger charge is 2.27. The van der Waals surface area contributed by atoms with Crippen molar-refractivity contribution in [3.8, 4) is 0 Å². The molecule has 0 aromatic carbocycles. The second-order valence-corrected chi connectivity index (χ2v) is 4.87. The van der Waals surface area contributed by atoms with Gasteiger partial charge in [-0.15, -0.1) is 0 Å². The number of carbonyl (C=O) groups is 6. The molecule has 0 heterocycles. The fourth-order valence-corrected chi connectivity index (χ4v) is 1.73. The molecule has 2 atom stereocenters. The van der Waals surface area contributed by atoms with Crippen molar-refractivity contribution in [1.29, 1.82) is 0 Å². The molecule has 0 aliphatic carbocycles. The number of carbonyl (C=O) groups excluding carboxylic acids is 3. The highest BCUT2D eigenvalue weighted by Crippen LogP contribution is 2.04. The van der Waals surface area contributed by atoms with Crippen LogP contribution in [0, 0.1) is 0 Å². The van der Waals surface area contributed by atoms with Crippen LogP contribution in [0.15, 0.2) is 0 Å². The van der Waals surface area contributed by atoms with E-state index in [9.17, 15) is 28.8 Å². The van der Waals surface area contributed by atoms with Gasteiger partial charge in [0, 0.05) is 13.3 Å². The second-order valence-electron chi connectivity index (χ2n) is 4.87. The van der Waals surface area contributed by atoms with E-state index in [4.69, 9.17) is 15.3 Å². The molecule has 0 bridgehead atoms. The first-order valence-electron chi connectivity index (χ1n) is 6.82. The fraction of sp³-hybridized carbons (Fsp3) is 0.538. The van der Waals surface area contributed by atoms with E-state index in [0.29, 0.717) is 0 Å². The molecule has 11 heteroatoms. The summed E-state index contributed by atoms with van der Waals surface area (Å²) < 4.78 is 0. The Hall–Kier alpha value is -2.98. The van der Waals surface area contributed by atoms with Crippen molar-refractivity contribution in [2.24, 2.45) is 0 Å². The number of ketones is 1. The zero-order valence-electron chi connectivity index (χ0n) is 12.8. The maximum atomic E-state index is 11.9. The van der Waals surface area contributed by atoms with Crippen LogP contribution in [0.1, 0.15) is 32.6 Å². The smallest absolute Gasteiger partial charge is 0.372 e. The Labute approximate surface area is 136 Å². The number of hydrogen-bond acceptors (Lipinski definition) is 6. The SMILES string of the molecule is CC(=O)N[C@@H](CC(=O)O)C(=O)N[C@@H](CCCC(=O)C(=O)O)C(=O)O. The molecule has 5 N–H and O–H groups in total. The van der Waals surface area contributed by atoms with E-state index in [-0.39, 0.29) is 12.8 Å². The van der Waals surface area contributed by atoms with Crippen LogP contribution in [-0.2, 0) is 28.8 Å². The molecule has 0 aliphatic rings. The lowest BCUT2D eigenvalue weighted by Crippen LogP contribution is -2.52. The Kier molecular flexibility index (Phi) is 8.69. The number of carboxylic acid groups (broad SMARTS) is 3. The van der Waals surface area contributed by atoms with Gasteiger partial charge in [-0.1, -0.05) is 0 Å². The van der Waals surface area contributed by atoms with Crippen molar-refractivity contribution in [2.75, 3.05) is 0 Å². The Morgan fingerprint density at radius 3 is 1.92 bits per heavy atom. The van der Waals surface area contributed by atoms with Crippen LogP contribution in [-0.4, -0.2) is 62.9 Å². The molecular weight excluding hydrogens is 328 g/mol. The number of Topliss-reactive ketones (excluding diaryl/α,β-unsaturated/α-hetero) is 1. The summed E-state index contributed by atoms with van der Waals surface area (Å²) in [4.78, 5) is 65.9. The van der Waals surface area contributed by atoms with Gasteiger partial charge >= 0.3 is 17.9 Å². The molecule has 0 saturated carbocycles. The predicted molar refractivity (Wildman–Crippen MR) is 75.9 cm³/mol. The first-order chi connectivity index (χ1) is 11.0. The Bertz CT molecular complexity index is 528. The summed E-state index contributed by atoms with van der Waals surface area (Å²) in [6.07, 6.45) is -1.49. The van der Waals surface area contributed by atoms with Crippen LogP contribution >= 0.6 is 0 Å². The lowest BCUT2D eigenvalue weighted by atomic mass is 10.1. The monoisotopic (exact) mass is 346 g/mol. The summed E-state index contributed by atoms with van der Waals surface area (Å²) in [5.41, 5.74) is 0. The minimum Gasteiger partial charge on any atom is -0.481 e. The molecule has 11 nitrogen and oxygen atoms in total. The van der Waals surface area contributed by atoms with Crippen molar-refractivity contribution in [1.82, 2.24) is 10.6 Å². The number of nitrogens with one attached hydrogen (secondary N) is 2. The van der Waals surface area contributed by atoms with E-state index in [1.165, 1.54) is 0 Å². The molecule has 0 aromatic heterocycles. The van der Waals surface area contributed by atoms with Gasteiger partial charge in [-0.2, -0.15) is 0 Å². The zero-order chi connectivity index (χ0) is 18.9. The topological polar surface area (TPSA) is 187 Å². The summed E-state index contributed by atoms with van der Waals surface area (Å²) in [5.74, 6) is -7.23. The molecule has 134 valence electrons. The third-order valence-corrected chi connectivity index (χ3v) is 2.82. The fourth-order valence-electron chi connectivity index (χ4n) is 1.73. The van der Waals surface area contributed by atoms with Gasteiger partial charge in [0.1, 0.15) is 12.1 Å². The summed E-state index contributed by atoms with van der Waals surface area (Å²) in [5, 5.41) is 30.3. The van der Waals surface area contributed by atoms with Gasteiger partial charge < -0.3 is 26.0 Å². The van der Waals surface area contributed by atoms with Crippen LogP contribution in [0.4, 0.5) is 0 Å². The van der Waals surface area contributed by atoms with E-state index < -0.39 is 60.4 Å². The maximum absolute atomic E-state index is 11.9. The summed E-state index contributed by atoms with van der Waals surface area (Å²) >= 11 is 0. The van der Waals surface area contributed by atoms with Crippen LogP contribution < -0.4 is 10.6 Å². The van der Waals surface area contributed by atoms with E-state index in [2.05, 4.69) is 10.6 Å². The van der Waals surface area contributed by atoms with Crippen molar-refractivity contribution in [2.45, 2.75) is 44.7 Å². The molecule has 0 rings (SSSR count). The predicted octanol–water partition coefficient (Wildman–Crippen LogP) is -1.64. The molecule has 24 heavy (non-hydrogen) atoms. The maximum Gasteiger partial charge on any atom is 0.372 e. The Balaban J connectivity index is 4.76. The number of carboxylic acids is 3. The Morgan fingerprint density at radius 2 is 1.50 bits per heavy atom. The average molecular weight is 346 g/mol. The highest BCUT2D eigenvalue weighted by molar-refractivity contribution is 6.32. The molecule has 0 spiro atoms. The molecule has 0 fully saturated rings. The van der Waals surface area contributed by atoms with Crippen LogP contribution in [0.25, 0.3) is 0 Å². The molecule has 0 aliphatic heterocycles. The largest absolute Gasteiger partial charge is 0.481 e. The van der Waals surface area contributed by atoms with Gasteiger partial charge in [0.2, 0.25) is 17.6 Å². The second kappa shape index (κ2) is 9.92. The highest BCUT2D eigenvalue weighted by atomic mass is 16.4.